The predicted molar refractivity (Wildman–Crippen MR) is 79.5 cm³/mol. The summed E-state index contributed by atoms with van der Waals surface area (Å²) in [6.07, 6.45) is 1.87. The summed E-state index contributed by atoms with van der Waals surface area (Å²) >= 11 is 0. The molecule has 1 aromatic rings. The van der Waals surface area contributed by atoms with Gasteiger partial charge in [-0.2, -0.15) is 0 Å². The van der Waals surface area contributed by atoms with Gasteiger partial charge in [-0.25, -0.2) is 4.79 Å². The lowest BCUT2D eigenvalue weighted by Crippen LogP contribution is -2.37. The molecule has 1 aromatic carbocycles. The first kappa shape index (κ1) is 15.8. The van der Waals surface area contributed by atoms with Crippen molar-refractivity contribution in [1.82, 2.24) is 4.90 Å². The molecule has 116 valence electrons. The number of carboxylic acids is 1. The van der Waals surface area contributed by atoms with E-state index in [1.54, 1.807) is 0 Å². The number of nitrogens with zero attached hydrogens (tertiary/aromatic N) is 1. The fourth-order valence-corrected chi connectivity index (χ4v) is 2.54. The van der Waals surface area contributed by atoms with E-state index >= 15 is 0 Å². The lowest BCUT2D eigenvalue weighted by molar-refractivity contribution is -0.145. The molecule has 1 heterocycles. The molecule has 1 aliphatic rings. The van der Waals surface area contributed by atoms with Crippen molar-refractivity contribution in [3.8, 4) is 5.75 Å². The average Bonchev–Trinajstić information content (AvgIpc) is 2.49. The Morgan fingerprint density at radius 3 is 2.52 bits per heavy atom. The van der Waals surface area contributed by atoms with Crippen LogP contribution in [0.3, 0.4) is 0 Å². The molecule has 0 radical (unpaired) electrons. The summed E-state index contributed by atoms with van der Waals surface area (Å²) in [6, 6.07) is 8.19. The van der Waals surface area contributed by atoms with Crippen LogP contribution in [-0.4, -0.2) is 48.4 Å². The maximum atomic E-state index is 10.5. The number of aliphatic carboxylic acids is 1. The Balaban J connectivity index is 1.74. The quantitative estimate of drug-likeness (QED) is 0.834. The van der Waals surface area contributed by atoms with Crippen molar-refractivity contribution in [3.63, 3.8) is 0 Å². The van der Waals surface area contributed by atoms with Gasteiger partial charge in [0.25, 0.3) is 0 Å². The number of ether oxygens (including phenoxy) is 2. The van der Waals surface area contributed by atoms with E-state index in [0.29, 0.717) is 6.61 Å². The highest BCUT2D eigenvalue weighted by Gasteiger charge is 2.20. The van der Waals surface area contributed by atoms with Gasteiger partial charge in [0.15, 0.2) is 0 Å². The molecule has 1 fully saturated rings. The van der Waals surface area contributed by atoms with Gasteiger partial charge in [0.1, 0.15) is 12.4 Å². The van der Waals surface area contributed by atoms with Gasteiger partial charge >= 0.3 is 5.97 Å². The Morgan fingerprint density at radius 1 is 1.29 bits per heavy atom. The molecule has 5 nitrogen and oxygen atoms in total. The smallest absolute Gasteiger partial charge is 0.329 e. The summed E-state index contributed by atoms with van der Waals surface area (Å²) in [5.74, 6) is 0.00819. The van der Waals surface area contributed by atoms with Crippen molar-refractivity contribution in [2.24, 2.45) is 0 Å². The maximum absolute atomic E-state index is 10.5. The molecule has 1 aliphatic heterocycles. The van der Waals surface area contributed by atoms with E-state index < -0.39 is 5.97 Å². The lowest BCUT2D eigenvalue weighted by atomic mass is 10.1. The van der Waals surface area contributed by atoms with Gasteiger partial charge in [-0.3, -0.25) is 4.90 Å². The normalized spacial score (nSPS) is 16.8. The summed E-state index contributed by atoms with van der Waals surface area (Å²) in [4.78, 5) is 12.8. The standard InChI is InChI=1S/C16H23NO4/c1-2-20-14-5-3-13(4-6-14)11-17-9-7-15(8-10-17)21-12-16(18)19/h3-6,15H,2,7-12H2,1H3,(H,18,19). The third-order valence-electron chi connectivity index (χ3n) is 3.62. The molecule has 2 rings (SSSR count). The van der Waals surface area contributed by atoms with Crippen LogP contribution in [-0.2, 0) is 16.1 Å². The molecular formula is C16H23NO4. The Kier molecular flexibility index (Phi) is 6.02. The Morgan fingerprint density at radius 2 is 1.95 bits per heavy atom. The van der Waals surface area contributed by atoms with E-state index in [-0.39, 0.29) is 12.7 Å². The van der Waals surface area contributed by atoms with E-state index in [4.69, 9.17) is 14.6 Å². The molecule has 0 aliphatic carbocycles. The zero-order valence-electron chi connectivity index (χ0n) is 12.5. The SMILES string of the molecule is CCOc1ccc(CN2CCC(OCC(=O)O)CC2)cc1. The van der Waals surface area contributed by atoms with Crippen LogP contribution in [0.25, 0.3) is 0 Å². The summed E-state index contributed by atoms with van der Waals surface area (Å²) in [5, 5.41) is 8.61. The summed E-state index contributed by atoms with van der Waals surface area (Å²) in [7, 11) is 0. The van der Waals surface area contributed by atoms with Crippen LogP contribution in [0.2, 0.25) is 0 Å². The Hall–Kier alpha value is -1.59. The molecule has 0 bridgehead atoms. The molecule has 0 unspecified atom stereocenters. The second-order valence-electron chi connectivity index (χ2n) is 5.26. The molecule has 21 heavy (non-hydrogen) atoms. The number of carboxylic acid groups (broad SMARTS) is 1. The summed E-state index contributed by atoms with van der Waals surface area (Å²) < 4.78 is 10.8. The highest BCUT2D eigenvalue weighted by molar-refractivity contribution is 5.68. The molecule has 1 N–H and O–H groups in total. The first-order valence-corrected chi connectivity index (χ1v) is 7.45. The van der Waals surface area contributed by atoms with Crippen LogP contribution < -0.4 is 4.74 Å². The average molecular weight is 293 g/mol. The van der Waals surface area contributed by atoms with Crippen LogP contribution in [0.1, 0.15) is 25.3 Å². The van der Waals surface area contributed by atoms with Gasteiger partial charge in [-0.15, -0.1) is 0 Å². The second kappa shape index (κ2) is 8.00. The van der Waals surface area contributed by atoms with E-state index in [1.165, 1.54) is 5.56 Å². The van der Waals surface area contributed by atoms with Gasteiger partial charge < -0.3 is 14.6 Å². The molecule has 0 amide bonds. The van der Waals surface area contributed by atoms with Crippen molar-refractivity contribution in [2.75, 3.05) is 26.3 Å². The molecule has 0 atom stereocenters. The number of benzene rings is 1. The fraction of sp³-hybridized carbons (Fsp3) is 0.562. The number of piperidine rings is 1. The largest absolute Gasteiger partial charge is 0.494 e. The Labute approximate surface area is 125 Å². The van der Waals surface area contributed by atoms with Gasteiger partial charge in [0.05, 0.1) is 12.7 Å². The highest BCUT2D eigenvalue weighted by atomic mass is 16.5. The molecule has 0 spiro atoms. The molecular weight excluding hydrogens is 270 g/mol. The number of carbonyl (C=O) groups is 1. The first-order chi connectivity index (χ1) is 10.2. The summed E-state index contributed by atoms with van der Waals surface area (Å²) in [6.45, 7) is 5.27. The number of rotatable bonds is 7. The molecule has 0 saturated carbocycles. The summed E-state index contributed by atoms with van der Waals surface area (Å²) in [5.41, 5.74) is 1.27. The van der Waals surface area contributed by atoms with Crippen molar-refractivity contribution in [3.05, 3.63) is 29.8 Å². The zero-order valence-corrected chi connectivity index (χ0v) is 12.5. The minimum Gasteiger partial charge on any atom is -0.494 e. The minimum absolute atomic E-state index is 0.0812. The van der Waals surface area contributed by atoms with E-state index in [2.05, 4.69) is 17.0 Å². The van der Waals surface area contributed by atoms with Gasteiger partial charge in [0.2, 0.25) is 0 Å². The van der Waals surface area contributed by atoms with E-state index in [9.17, 15) is 4.79 Å². The monoisotopic (exact) mass is 293 g/mol. The lowest BCUT2D eigenvalue weighted by Gasteiger charge is -2.31. The predicted octanol–water partition coefficient (Wildman–Crippen LogP) is 2.15. The van der Waals surface area contributed by atoms with Crippen LogP contribution >= 0.6 is 0 Å². The number of hydrogen-bond donors (Lipinski definition) is 1. The van der Waals surface area contributed by atoms with Crippen LogP contribution in [0.15, 0.2) is 24.3 Å². The van der Waals surface area contributed by atoms with Crippen molar-refractivity contribution in [1.29, 1.82) is 0 Å². The van der Waals surface area contributed by atoms with Gasteiger partial charge in [-0.05, 0) is 37.5 Å². The molecule has 1 saturated heterocycles. The van der Waals surface area contributed by atoms with Crippen LogP contribution in [0.5, 0.6) is 5.75 Å². The third kappa shape index (κ3) is 5.36. The van der Waals surface area contributed by atoms with Crippen LogP contribution in [0, 0.1) is 0 Å². The van der Waals surface area contributed by atoms with Gasteiger partial charge in [0, 0.05) is 19.6 Å². The fourth-order valence-electron chi connectivity index (χ4n) is 2.54. The minimum atomic E-state index is -0.896. The van der Waals surface area contributed by atoms with Crippen molar-refractivity contribution in [2.45, 2.75) is 32.4 Å². The van der Waals surface area contributed by atoms with E-state index in [1.807, 2.05) is 19.1 Å². The first-order valence-electron chi connectivity index (χ1n) is 7.45. The highest BCUT2D eigenvalue weighted by Crippen LogP contribution is 2.18. The van der Waals surface area contributed by atoms with Crippen molar-refractivity contribution < 1.29 is 19.4 Å². The van der Waals surface area contributed by atoms with E-state index in [0.717, 1.165) is 38.2 Å². The maximum Gasteiger partial charge on any atom is 0.329 e. The molecule has 0 aromatic heterocycles. The number of hydrogen-bond acceptors (Lipinski definition) is 4. The third-order valence-corrected chi connectivity index (χ3v) is 3.62. The van der Waals surface area contributed by atoms with Crippen LogP contribution in [0.4, 0.5) is 0 Å². The second-order valence-corrected chi connectivity index (χ2v) is 5.26. The van der Waals surface area contributed by atoms with Crippen molar-refractivity contribution >= 4 is 5.97 Å². The number of likely N-dealkylation sites (tertiary alicyclic amines) is 1. The zero-order chi connectivity index (χ0) is 15.1. The molecule has 5 heteroatoms. The van der Waals surface area contributed by atoms with Gasteiger partial charge in [-0.1, -0.05) is 12.1 Å². The Bertz CT molecular complexity index is 438. The topological polar surface area (TPSA) is 59.0 Å².